The maximum absolute atomic E-state index is 11.9. The van der Waals surface area contributed by atoms with Crippen molar-refractivity contribution < 1.29 is 9.59 Å². The number of amides is 3. The highest BCUT2D eigenvalue weighted by Crippen LogP contribution is 2.03. The van der Waals surface area contributed by atoms with Gasteiger partial charge in [0.25, 0.3) is 0 Å². The molecule has 116 valence electrons. The molecule has 1 aliphatic heterocycles. The van der Waals surface area contributed by atoms with Gasteiger partial charge in [-0.05, 0) is 25.9 Å². The molecule has 2 heterocycles. The molecule has 2 rings (SSSR count). The van der Waals surface area contributed by atoms with Crippen molar-refractivity contribution in [3.63, 3.8) is 0 Å². The van der Waals surface area contributed by atoms with Gasteiger partial charge in [0.15, 0.2) is 5.82 Å². The second kappa shape index (κ2) is 7.02. The van der Waals surface area contributed by atoms with Gasteiger partial charge < -0.3 is 15.5 Å². The highest BCUT2D eigenvalue weighted by Gasteiger charge is 2.16. The van der Waals surface area contributed by atoms with Crippen LogP contribution in [0.4, 0.5) is 10.6 Å². The fourth-order valence-electron chi connectivity index (χ4n) is 2.02. The minimum atomic E-state index is -0.291. The number of anilines is 1. The largest absolute Gasteiger partial charge is 0.352 e. The lowest BCUT2D eigenvalue weighted by molar-refractivity contribution is -0.122. The molecule has 1 saturated heterocycles. The van der Waals surface area contributed by atoms with E-state index in [0.29, 0.717) is 5.82 Å². The van der Waals surface area contributed by atoms with Crippen LogP contribution in [-0.4, -0.2) is 65.1 Å². The summed E-state index contributed by atoms with van der Waals surface area (Å²) in [5, 5.41) is 16.8. The number of nitrogens with one attached hydrogen (secondary N) is 3. The number of piperidine rings is 1. The van der Waals surface area contributed by atoms with E-state index in [9.17, 15) is 9.59 Å². The second-order valence-corrected chi connectivity index (χ2v) is 5.18. The SMILES string of the molecule is CN(C)C(=O)Nc1cnn(CC(=O)NC2CCNCC2)n1. The molecule has 1 aliphatic rings. The molecule has 9 heteroatoms. The predicted octanol–water partition coefficient (Wildman–Crippen LogP) is -0.760. The lowest BCUT2D eigenvalue weighted by Gasteiger charge is -2.23. The van der Waals surface area contributed by atoms with E-state index < -0.39 is 0 Å². The number of hydrogen-bond donors (Lipinski definition) is 3. The van der Waals surface area contributed by atoms with E-state index in [4.69, 9.17) is 0 Å². The minimum Gasteiger partial charge on any atom is -0.352 e. The van der Waals surface area contributed by atoms with Gasteiger partial charge in [0.05, 0.1) is 6.20 Å². The van der Waals surface area contributed by atoms with E-state index in [1.807, 2.05) is 0 Å². The lowest BCUT2D eigenvalue weighted by atomic mass is 10.1. The zero-order chi connectivity index (χ0) is 15.2. The molecule has 1 aromatic rings. The Balaban J connectivity index is 1.81. The van der Waals surface area contributed by atoms with Crippen molar-refractivity contribution in [3.8, 4) is 0 Å². The summed E-state index contributed by atoms with van der Waals surface area (Å²) in [5.74, 6) is 0.200. The van der Waals surface area contributed by atoms with Gasteiger partial charge in [-0.15, -0.1) is 5.10 Å². The summed E-state index contributed by atoms with van der Waals surface area (Å²) in [7, 11) is 3.26. The standard InChI is InChI=1S/C12H21N7O2/c1-18(2)12(21)16-10-7-14-19(17-10)8-11(20)15-9-3-5-13-6-4-9/h7,9,13H,3-6,8H2,1-2H3,(H,15,20)(H,16,17,21). The number of rotatable bonds is 4. The predicted molar refractivity (Wildman–Crippen MR) is 76.8 cm³/mol. The third-order valence-electron chi connectivity index (χ3n) is 3.17. The molecule has 1 aromatic heterocycles. The maximum Gasteiger partial charge on any atom is 0.322 e. The van der Waals surface area contributed by atoms with E-state index in [-0.39, 0.29) is 24.5 Å². The van der Waals surface area contributed by atoms with Gasteiger partial charge in [-0.2, -0.15) is 9.90 Å². The van der Waals surface area contributed by atoms with Gasteiger partial charge in [0.2, 0.25) is 5.91 Å². The monoisotopic (exact) mass is 295 g/mol. The zero-order valence-corrected chi connectivity index (χ0v) is 12.3. The van der Waals surface area contributed by atoms with Crippen LogP contribution in [0.3, 0.4) is 0 Å². The smallest absolute Gasteiger partial charge is 0.322 e. The van der Waals surface area contributed by atoms with E-state index in [2.05, 4.69) is 26.1 Å². The molecule has 0 bridgehead atoms. The topological polar surface area (TPSA) is 104 Å². The molecule has 3 N–H and O–H groups in total. The summed E-state index contributed by atoms with van der Waals surface area (Å²) in [5.41, 5.74) is 0. The van der Waals surface area contributed by atoms with Crippen LogP contribution in [-0.2, 0) is 11.3 Å². The quantitative estimate of drug-likeness (QED) is 0.677. The Bertz CT molecular complexity index is 494. The third-order valence-corrected chi connectivity index (χ3v) is 3.17. The Morgan fingerprint density at radius 2 is 2.14 bits per heavy atom. The first-order chi connectivity index (χ1) is 10.0. The van der Waals surface area contributed by atoms with Gasteiger partial charge >= 0.3 is 6.03 Å². The molecular formula is C12H21N7O2. The lowest BCUT2D eigenvalue weighted by Crippen LogP contribution is -2.44. The van der Waals surface area contributed by atoms with E-state index in [0.717, 1.165) is 25.9 Å². The van der Waals surface area contributed by atoms with Gasteiger partial charge in [-0.25, -0.2) is 4.79 Å². The first-order valence-corrected chi connectivity index (χ1v) is 6.93. The Hall–Kier alpha value is -2.16. The van der Waals surface area contributed by atoms with Crippen LogP contribution in [0.5, 0.6) is 0 Å². The highest BCUT2D eigenvalue weighted by molar-refractivity contribution is 5.87. The molecule has 1 fully saturated rings. The van der Waals surface area contributed by atoms with Crippen molar-refractivity contribution >= 4 is 17.8 Å². The van der Waals surface area contributed by atoms with E-state index in [1.165, 1.54) is 15.9 Å². The van der Waals surface area contributed by atoms with Gasteiger partial charge in [0.1, 0.15) is 6.54 Å². The summed E-state index contributed by atoms with van der Waals surface area (Å²) in [4.78, 5) is 26.0. The van der Waals surface area contributed by atoms with Gasteiger partial charge in [-0.1, -0.05) is 0 Å². The number of carbonyl (C=O) groups is 2. The van der Waals surface area contributed by atoms with Crippen molar-refractivity contribution in [2.45, 2.75) is 25.4 Å². The summed E-state index contributed by atoms with van der Waals surface area (Å²) in [6, 6.07) is -0.0802. The molecule has 0 unspecified atom stereocenters. The van der Waals surface area contributed by atoms with Crippen molar-refractivity contribution in [3.05, 3.63) is 6.20 Å². The first kappa shape index (κ1) is 15.2. The van der Waals surface area contributed by atoms with Crippen LogP contribution in [0.2, 0.25) is 0 Å². The average molecular weight is 295 g/mol. The van der Waals surface area contributed by atoms with Crippen LogP contribution >= 0.6 is 0 Å². The van der Waals surface area contributed by atoms with Crippen LogP contribution in [0.1, 0.15) is 12.8 Å². The Morgan fingerprint density at radius 1 is 1.43 bits per heavy atom. The molecule has 9 nitrogen and oxygen atoms in total. The van der Waals surface area contributed by atoms with Crippen molar-refractivity contribution in [1.29, 1.82) is 0 Å². The van der Waals surface area contributed by atoms with Gasteiger partial charge in [-0.3, -0.25) is 10.1 Å². The van der Waals surface area contributed by atoms with Crippen LogP contribution in [0.25, 0.3) is 0 Å². The molecule has 0 saturated carbocycles. The summed E-state index contributed by atoms with van der Waals surface area (Å²) in [6.45, 7) is 1.89. The molecular weight excluding hydrogens is 274 g/mol. The summed E-state index contributed by atoms with van der Waals surface area (Å²) in [6.07, 6.45) is 3.28. The first-order valence-electron chi connectivity index (χ1n) is 6.93. The van der Waals surface area contributed by atoms with Crippen LogP contribution in [0, 0.1) is 0 Å². The Kier molecular flexibility index (Phi) is 5.09. The zero-order valence-electron chi connectivity index (χ0n) is 12.3. The fourth-order valence-corrected chi connectivity index (χ4v) is 2.02. The number of carbonyl (C=O) groups excluding carboxylic acids is 2. The molecule has 0 radical (unpaired) electrons. The average Bonchev–Trinajstić information content (AvgIpc) is 2.86. The van der Waals surface area contributed by atoms with E-state index in [1.54, 1.807) is 14.1 Å². The highest BCUT2D eigenvalue weighted by atomic mass is 16.2. The number of aromatic nitrogens is 3. The maximum atomic E-state index is 11.9. The van der Waals surface area contributed by atoms with Crippen LogP contribution in [0.15, 0.2) is 6.20 Å². The molecule has 0 aliphatic carbocycles. The summed E-state index contributed by atoms with van der Waals surface area (Å²) >= 11 is 0. The van der Waals surface area contributed by atoms with Crippen molar-refractivity contribution in [2.24, 2.45) is 0 Å². The number of urea groups is 1. The van der Waals surface area contributed by atoms with Crippen LogP contribution < -0.4 is 16.0 Å². The number of hydrogen-bond acceptors (Lipinski definition) is 5. The van der Waals surface area contributed by atoms with Crippen molar-refractivity contribution in [2.75, 3.05) is 32.5 Å². The molecule has 3 amide bonds. The minimum absolute atomic E-state index is 0.0434. The second-order valence-electron chi connectivity index (χ2n) is 5.18. The Morgan fingerprint density at radius 3 is 2.81 bits per heavy atom. The molecule has 0 atom stereocenters. The third kappa shape index (κ3) is 4.71. The summed E-state index contributed by atoms with van der Waals surface area (Å²) < 4.78 is 0. The number of nitrogens with zero attached hydrogens (tertiary/aromatic N) is 4. The van der Waals surface area contributed by atoms with Crippen molar-refractivity contribution in [1.82, 2.24) is 30.5 Å². The van der Waals surface area contributed by atoms with E-state index >= 15 is 0 Å². The molecule has 0 aromatic carbocycles. The molecule has 21 heavy (non-hydrogen) atoms. The van der Waals surface area contributed by atoms with Gasteiger partial charge in [0, 0.05) is 20.1 Å². The normalized spacial score (nSPS) is 15.5. The molecule has 0 spiro atoms. The fraction of sp³-hybridized carbons (Fsp3) is 0.667. The Labute approximate surface area is 123 Å².